The molecule has 2 saturated heterocycles. The molecule has 0 aliphatic carbocycles. The zero-order chi connectivity index (χ0) is 26.7. The van der Waals surface area contributed by atoms with Crippen LogP contribution in [0, 0.1) is 5.82 Å². The highest BCUT2D eigenvalue weighted by Gasteiger charge is 2.34. The van der Waals surface area contributed by atoms with Gasteiger partial charge in [-0.2, -0.15) is 26.7 Å². The number of aromatic nitrogens is 3. The summed E-state index contributed by atoms with van der Waals surface area (Å²) in [5.41, 5.74) is 2.56. The first-order chi connectivity index (χ1) is 18.3. The molecule has 1 atom stereocenters. The fraction of sp³-hybridized carbons (Fsp3) is 0.440. The van der Waals surface area contributed by atoms with E-state index in [1.807, 2.05) is 0 Å². The number of morpholine rings is 1. The Morgan fingerprint density at radius 2 is 1.90 bits per heavy atom. The Hall–Kier alpha value is -3.23. The molecule has 4 heterocycles. The van der Waals surface area contributed by atoms with Gasteiger partial charge in [-0.1, -0.05) is 6.07 Å². The molecule has 1 aromatic carbocycles. The Morgan fingerprint density at radius 3 is 2.59 bits per heavy atom. The lowest BCUT2D eigenvalue weighted by atomic mass is 10.1. The summed E-state index contributed by atoms with van der Waals surface area (Å²) in [5, 5.41) is 6.57. The zero-order valence-corrected chi connectivity index (χ0v) is 22.0. The number of hydrogen-bond donors (Lipinski definition) is 2. The highest BCUT2D eigenvalue weighted by molar-refractivity contribution is 7.59. The van der Waals surface area contributed by atoms with E-state index in [-0.39, 0.29) is 45.8 Å². The van der Waals surface area contributed by atoms with E-state index in [2.05, 4.69) is 20.6 Å². The SMILES string of the molecule is O=C(CC(F)(F)F)N1CCN(c2ccc(-c3cc4nccnc4c(NC[C@@H]4CNCCO4)n3)cc2F)CC1.S. The number of pyridine rings is 1. The van der Waals surface area contributed by atoms with E-state index in [1.54, 1.807) is 35.5 Å². The molecule has 0 bridgehead atoms. The van der Waals surface area contributed by atoms with Crippen molar-refractivity contribution in [1.29, 1.82) is 0 Å². The molecule has 2 aliphatic heterocycles. The average Bonchev–Trinajstić information content (AvgIpc) is 2.91. The number of alkyl halides is 3. The Bertz CT molecular complexity index is 1300. The summed E-state index contributed by atoms with van der Waals surface area (Å²) >= 11 is 0. The van der Waals surface area contributed by atoms with Crippen LogP contribution in [0.3, 0.4) is 0 Å². The summed E-state index contributed by atoms with van der Waals surface area (Å²) in [5.74, 6) is -0.937. The summed E-state index contributed by atoms with van der Waals surface area (Å²) in [6, 6.07) is 6.47. The molecule has 210 valence electrons. The fourth-order valence-electron chi connectivity index (χ4n) is 4.61. The second-order valence-corrected chi connectivity index (χ2v) is 9.18. The number of benzene rings is 1. The number of hydrogen-bond acceptors (Lipinski definition) is 8. The van der Waals surface area contributed by atoms with Crippen molar-refractivity contribution >= 4 is 41.9 Å². The molecule has 1 amide bonds. The predicted molar refractivity (Wildman–Crippen MR) is 144 cm³/mol. The molecule has 39 heavy (non-hydrogen) atoms. The van der Waals surface area contributed by atoms with Crippen LogP contribution in [0.1, 0.15) is 6.42 Å². The minimum absolute atomic E-state index is 0. The number of carbonyl (C=O) groups is 1. The predicted octanol–water partition coefficient (Wildman–Crippen LogP) is 2.95. The summed E-state index contributed by atoms with van der Waals surface area (Å²) in [7, 11) is 0. The van der Waals surface area contributed by atoms with Gasteiger partial charge in [0, 0.05) is 63.8 Å². The monoisotopic (exact) mass is 567 g/mol. The van der Waals surface area contributed by atoms with Crippen LogP contribution in [0.5, 0.6) is 0 Å². The van der Waals surface area contributed by atoms with E-state index in [0.717, 1.165) is 6.54 Å². The highest BCUT2D eigenvalue weighted by Crippen LogP contribution is 2.30. The minimum Gasteiger partial charge on any atom is -0.374 e. The molecule has 2 fully saturated rings. The molecule has 2 N–H and O–H groups in total. The molecule has 5 rings (SSSR count). The van der Waals surface area contributed by atoms with Gasteiger partial charge in [0.05, 0.1) is 29.6 Å². The maximum atomic E-state index is 15.2. The standard InChI is InChI=1S/C25H27F4N7O2.H2S/c26-18-11-16(1-2-21(18)35-6-8-36(9-7-35)22(37)13-25(27,28)29)19-12-20-23(32-4-3-31-20)24(34-19)33-15-17-14-30-5-10-38-17;/h1-4,11-12,17,30H,5-10,13-15H2,(H,33,34);1H2/t17-;/m0./s1. The number of piperazine rings is 1. The smallest absolute Gasteiger partial charge is 0.374 e. The van der Waals surface area contributed by atoms with Gasteiger partial charge in [0.2, 0.25) is 5.91 Å². The van der Waals surface area contributed by atoms with Crippen LogP contribution in [0.25, 0.3) is 22.3 Å². The van der Waals surface area contributed by atoms with Gasteiger partial charge in [-0.3, -0.25) is 9.78 Å². The van der Waals surface area contributed by atoms with Crippen LogP contribution < -0.4 is 15.5 Å². The van der Waals surface area contributed by atoms with Crippen molar-refractivity contribution in [3.05, 3.63) is 42.5 Å². The van der Waals surface area contributed by atoms with Gasteiger partial charge in [0.25, 0.3) is 0 Å². The number of carbonyl (C=O) groups excluding carboxylic acids is 1. The quantitative estimate of drug-likeness (QED) is 0.440. The maximum Gasteiger partial charge on any atom is 0.397 e. The number of amides is 1. The van der Waals surface area contributed by atoms with Gasteiger partial charge in [0.1, 0.15) is 17.8 Å². The molecule has 3 aromatic rings. The Morgan fingerprint density at radius 1 is 1.13 bits per heavy atom. The summed E-state index contributed by atoms with van der Waals surface area (Å²) in [6.07, 6.45) is -2.90. The largest absolute Gasteiger partial charge is 0.397 e. The molecule has 14 heteroatoms. The lowest BCUT2D eigenvalue weighted by molar-refractivity contribution is -0.161. The van der Waals surface area contributed by atoms with E-state index >= 15 is 4.39 Å². The van der Waals surface area contributed by atoms with Gasteiger partial charge in [-0.25, -0.2) is 14.4 Å². The first kappa shape index (κ1) is 28.8. The van der Waals surface area contributed by atoms with Crippen molar-refractivity contribution in [3.63, 3.8) is 0 Å². The number of anilines is 2. The molecule has 9 nitrogen and oxygen atoms in total. The molecule has 0 radical (unpaired) electrons. The first-order valence-electron chi connectivity index (χ1n) is 12.3. The van der Waals surface area contributed by atoms with E-state index in [0.29, 0.717) is 53.5 Å². The summed E-state index contributed by atoms with van der Waals surface area (Å²) < 4.78 is 58.6. The van der Waals surface area contributed by atoms with E-state index in [9.17, 15) is 18.0 Å². The van der Waals surface area contributed by atoms with E-state index < -0.39 is 24.3 Å². The third kappa shape index (κ3) is 7.05. The van der Waals surface area contributed by atoms with Crippen molar-refractivity contribution < 1.29 is 27.1 Å². The number of ether oxygens (including phenoxy) is 1. The molecule has 2 aliphatic rings. The van der Waals surface area contributed by atoms with Crippen LogP contribution in [-0.4, -0.2) is 90.5 Å². The summed E-state index contributed by atoms with van der Waals surface area (Å²) in [4.78, 5) is 28.2. The number of nitrogens with one attached hydrogen (secondary N) is 2. The van der Waals surface area contributed by atoms with Crippen LogP contribution in [0.15, 0.2) is 36.7 Å². The minimum atomic E-state index is -4.55. The molecular formula is C25H29F4N7O2S. The normalized spacial score (nSPS) is 18.1. The number of fused-ring (bicyclic) bond motifs is 1. The Labute approximate surface area is 229 Å². The average molecular weight is 568 g/mol. The van der Waals surface area contributed by atoms with E-state index in [1.165, 1.54) is 11.0 Å². The Balaban J connectivity index is 0.00000353. The van der Waals surface area contributed by atoms with Crippen LogP contribution in [0.2, 0.25) is 0 Å². The van der Waals surface area contributed by atoms with Gasteiger partial charge in [-0.05, 0) is 18.2 Å². The topological polar surface area (TPSA) is 95.5 Å². The van der Waals surface area contributed by atoms with Gasteiger partial charge in [0.15, 0.2) is 5.82 Å². The Kier molecular flexibility index (Phi) is 9.08. The summed E-state index contributed by atoms with van der Waals surface area (Å²) in [6.45, 7) is 3.32. The fourth-order valence-corrected chi connectivity index (χ4v) is 4.61. The molecular weight excluding hydrogens is 538 g/mol. The molecule has 2 aromatic heterocycles. The molecule has 0 unspecified atom stereocenters. The second-order valence-electron chi connectivity index (χ2n) is 9.18. The van der Waals surface area contributed by atoms with E-state index in [4.69, 9.17) is 9.72 Å². The lowest BCUT2D eigenvalue weighted by Crippen LogP contribution is -2.49. The number of rotatable bonds is 6. The van der Waals surface area contributed by atoms with Crippen molar-refractivity contribution in [2.75, 3.05) is 62.6 Å². The number of halogens is 4. The van der Waals surface area contributed by atoms with Gasteiger partial charge in [-0.15, -0.1) is 0 Å². The molecule has 0 saturated carbocycles. The second kappa shape index (κ2) is 12.3. The van der Waals surface area contributed by atoms with Crippen LogP contribution in [-0.2, 0) is 9.53 Å². The highest BCUT2D eigenvalue weighted by atomic mass is 32.1. The van der Waals surface area contributed by atoms with Crippen molar-refractivity contribution in [2.24, 2.45) is 0 Å². The van der Waals surface area contributed by atoms with Gasteiger partial charge >= 0.3 is 6.18 Å². The van der Waals surface area contributed by atoms with Crippen LogP contribution in [0.4, 0.5) is 29.1 Å². The van der Waals surface area contributed by atoms with Crippen molar-refractivity contribution in [3.8, 4) is 11.3 Å². The molecule has 0 spiro atoms. The lowest BCUT2D eigenvalue weighted by Gasteiger charge is -2.36. The van der Waals surface area contributed by atoms with Crippen molar-refractivity contribution in [1.82, 2.24) is 25.2 Å². The third-order valence-electron chi connectivity index (χ3n) is 6.53. The maximum absolute atomic E-state index is 15.2. The third-order valence-corrected chi connectivity index (χ3v) is 6.53. The zero-order valence-electron chi connectivity index (χ0n) is 21.0. The van der Waals surface area contributed by atoms with Crippen LogP contribution >= 0.6 is 13.5 Å². The first-order valence-corrected chi connectivity index (χ1v) is 12.3. The number of nitrogens with zero attached hydrogens (tertiary/aromatic N) is 5. The van der Waals surface area contributed by atoms with Gasteiger partial charge < -0.3 is 25.2 Å². The van der Waals surface area contributed by atoms with Crippen molar-refractivity contribution in [2.45, 2.75) is 18.7 Å².